The number of amides is 1. The predicted octanol–water partition coefficient (Wildman–Crippen LogP) is 1.44. The Hall–Kier alpha value is -2.11. The van der Waals surface area contributed by atoms with E-state index in [4.69, 9.17) is 0 Å². The summed E-state index contributed by atoms with van der Waals surface area (Å²) >= 11 is 0. The van der Waals surface area contributed by atoms with Crippen molar-refractivity contribution in [1.82, 2.24) is 24.9 Å². The molecule has 6 heteroatoms. The van der Waals surface area contributed by atoms with Gasteiger partial charge in [-0.2, -0.15) is 10.2 Å². The first-order chi connectivity index (χ1) is 9.01. The summed E-state index contributed by atoms with van der Waals surface area (Å²) in [5.41, 5.74) is 2.38. The Kier molecular flexibility index (Phi) is 3.69. The summed E-state index contributed by atoms with van der Waals surface area (Å²) in [5.74, 6) is -0.164. The fourth-order valence-corrected chi connectivity index (χ4v) is 2.05. The SMILES string of the molecule is CCn1ccc(C(=O)NC(C)c2cn(C)nc2C)n1. The van der Waals surface area contributed by atoms with E-state index in [2.05, 4.69) is 15.5 Å². The molecule has 0 aliphatic rings. The third-order valence-electron chi connectivity index (χ3n) is 3.06. The minimum absolute atomic E-state index is 0.0898. The molecule has 2 rings (SSSR count). The topological polar surface area (TPSA) is 64.7 Å². The van der Waals surface area contributed by atoms with Gasteiger partial charge in [-0.15, -0.1) is 0 Å². The largest absolute Gasteiger partial charge is 0.344 e. The molecule has 0 spiro atoms. The highest BCUT2D eigenvalue weighted by Crippen LogP contribution is 2.15. The van der Waals surface area contributed by atoms with Gasteiger partial charge in [-0.05, 0) is 26.8 Å². The monoisotopic (exact) mass is 261 g/mol. The lowest BCUT2D eigenvalue weighted by Crippen LogP contribution is -2.27. The van der Waals surface area contributed by atoms with Crippen LogP contribution in [0.15, 0.2) is 18.5 Å². The van der Waals surface area contributed by atoms with Crippen molar-refractivity contribution in [3.63, 3.8) is 0 Å². The summed E-state index contributed by atoms with van der Waals surface area (Å²) < 4.78 is 3.48. The number of rotatable bonds is 4. The van der Waals surface area contributed by atoms with Gasteiger partial charge in [-0.1, -0.05) is 0 Å². The van der Waals surface area contributed by atoms with Crippen molar-refractivity contribution in [2.75, 3.05) is 0 Å². The molecule has 6 nitrogen and oxygen atoms in total. The summed E-state index contributed by atoms with van der Waals surface area (Å²) in [4.78, 5) is 12.1. The van der Waals surface area contributed by atoms with Gasteiger partial charge in [-0.3, -0.25) is 14.2 Å². The van der Waals surface area contributed by atoms with E-state index in [9.17, 15) is 4.79 Å². The van der Waals surface area contributed by atoms with E-state index < -0.39 is 0 Å². The molecular weight excluding hydrogens is 242 g/mol. The molecule has 102 valence electrons. The average molecular weight is 261 g/mol. The standard InChI is InChI=1S/C13H19N5O/c1-5-18-7-6-12(16-18)13(19)14-9(2)11-8-17(4)15-10(11)3/h6-9H,5H2,1-4H3,(H,14,19). The summed E-state index contributed by atoms with van der Waals surface area (Å²) in [5, 5.41) is 11.4. The van der Waals surface area contributed by atoms with Gasteiger partial charge in [0.2, 0.25) is 0 Å². The second-order valence-corrected chi connectivity index (χ2v) is 4.60. The number of hydrogen-bond donors (Lipinski definition) is 1. The van der Waals surface area contributed by atoms with E-state index in [0.29, 0.717) is 5.69 Å². The smallest absolute Gasteiger partial charge is 0.272 e. The van der Waals surface area contributed by atoms with Gasteiger partial charge in [0.1, 0.15) is 5.69 Å². The summed E-state index contributed by atoms with van der Waals surface area (Å²) in [6.07, 6.45) is 3.72. The fraction of sp³-hybridized carbons (Fsp3) is 0.462. The molecule has 0 aliphatic carbocycles. The molecule has 1 amide bonds. The molecule has 1 N–H and O–H groups in total. The lowest BCUT2D eigenvalue weighted by molar-refractivity contribution is 0.0934. The zero-order chi connectivity index (χ0) is 14.0. The van der Waals surface area contributed by atoms with Crippen LogP contribution in [0.3, 0.4) is 0 Å². The van der Waals surface area contributed by atoms with Gasteiger partial charge >= 0.3 is 0 Å². The van der Waals surface area contributed by atoms with Gasteiger partial charge < -0.3 is 5.32 Å². The molecule has 0 aliphatic heterocycles. The Balaban J connectivity index is 2.08. The van der Waals surface area contributed by atoms with Crippen molar-refractivity contribution in [3.8, 4) is 0 Å². The van der Waals surface area contributed by atoms with E-state index in [-0.39, 0.29) is 11.9 Å². The summed E-state index contributed by atoms with van der Waals surface area (Å²) in [6, 6.07) is 1.63. The highest BCUT2D eigenvalue weighted by Gasteiger charge is 2.16. The molecular formula is C13H19N5O. The van der Waals surface area contributed by atoms with Crippen LogP contribution in [-0.2, 0) is 13.6 Å². The number of nitrogens with zero attached hydrogens (tertiary/aromatic N) is 4. The molecule has 2 aromatic heterocycles. The lowest BCUT2D eigenvalue weighted by Gasteiger charge is -2.11. The second-order valence-electron chi connectivity index (χ2n) is 4.60. The van der Waals surface area contributed by atoms with Crippen LogP contribution in [0.4, 0.5) is 0 Å². The van der Waals surface area contributed by atoms with Gasteiger partial charge in [0.25, 0.3) is 5.91 Å². The van der Waals surface area contributed by atoms with Crippen molar-refractivity contribution in [2.45, 2.75) is 33.4 Å². The maximum atomic E-state index is 12.1. The predicted molar refractivity (Wildman–Crippen MR) is 71.7 cm³/mol. The van der Waals surface area contributed by atoms with Crippen molar-refractivity contribution >= 4 is 5.91 Å². The molecule has 0 saturated carbocycles. The van der Waals surface area contributed by atoms with Crippen molar-refractivity contribution in [2.24, 2.45) is 7.05 Å². The Bertz CT molecular complexity index is 584. The van der Waals surface area contributed by atoms with Gasteiger partial charge in [0, 0.05) is 31.5 Å². The van der Waals surface area contributed by atoms with E-state index in [1.807, 2.05) is 34.0 Å². The maximum Gasteiger partial charge on any atom is 0.272 e. The second kappa shape index (κ2) is 5.26. The van der Waals surface area contributed by atoms with Gasteiger partial charge in [0.15, 0.2) is 0 Å². The first kappa shape index (κ1) is 13.3. The van der Waals surface area contributed by atoms with Gasteiger partial charge in [0.05, 0.1) is 11.7 Å². The van der Waals surface area contributed by atoms with E-state index in [0.717, 1.165) is 17.8 Å². The molecule has 0 radical (unpaired) electrons. The van der Waals surface area contributed by atoms with E-state index in [1.54, 1.807) is 21.6 Å². The maximum absolute atomic E-state index is 12.1. The lowest BCUT2D eigenvalue weighted by atomic mass is 10.1. The van der Waals surface area contributed by atoms with Crippen LogP contribution in [0.1, 0.15) is 41.6 Å². The zero-order valence-electron chi connectivity index (χ0n) is 11.7. The molecule has 2 heterocycles. The summed E-state index contributed by atoms with van der Waals surface area (Å²) in [6.45, 7) is 6.61. The zero-order valence-corrected chi connectivity index (χ0v) is 11.7. The van der Waals surface area contributed by atoms with Crippen LogP contribution >= 0.6 is 0 Å². The number of aromatic nitrogens is 4. The van der Waals surface area contributed by atoms with E-state index >= 15 is 0 Å². The van der Waals surface area contributed by atoms with Crippen molar-refractivity contribution in [3.05, 3.63) is 35.4 Å². The van der Waals surface area contributed by atoms with E-state index in [1.165, 1.54) is 0 Å². The molecule has 1 atom stereocenters. The molecule has 0 bridgehead atoms. The van der Waals surface area contributed by atoms with Crippen LogP contribution < -0.4 is 5.32 Å². The van der Waals surface area contributed by atoms with Crippen LogP contribution in [0.5, 0.6) is 0 Å². The first-order valence-electron chi connectivity index (χ1n) is 6.35. The Morgan fingerprint density at radius 1 is 1.47 bits per heavy atom. The molecule has 2 aromatic rings. The molecule has 0 saturated heterocycles. The Labute approximate surface area is 112 Å². The number of carbonyl (C=O) groups is 1. The average Bonchev–Trinajstić information content (AvgIpc) is 2.95. The molecule has 0 aromatic carbocycles. The highest BCUT2D eigenvalue weighted by atomic mass is 16.2. The Morgan fingerprint density at radius 2 is 2.21 bits per heavy atom. The number of aryl methyl sites for hydroxylation is 3. The first-order valence-corrected chi connectivity index (χ1v) is 6.35. The quantitative estimate of drug-likeness (QED) is 0.905. The van der Waals surface area contributed by atoms with Crippen molar-refractivity contribution < 1.29 is 4.79 Å². The number of nitrogens with one attached hydrogen (secondary N) is 1. The highest BCUT2D eigenvalue weighted by molar-refractivity contribution is 5.92. The Morgan fingerprint density at radius 3 is 2.74 bits per heavy atom. The third kappa shape index (κ3) is 2.83. The summed E-state index contributed by atoms with van der Waals surface area (Å²) in [7, 11) is 1.87. The normalized spacial score (nSPS) is 12.4. The molecule has 1 unspecified atom stereocenters. The fourth-order valence-electron chi connectivity index (χ4n) is 2.05. The minimum atomic E-state index is -0.164. The van der Waals surface area contributed by atoms with Crippen LogP contribution in [0, 0.1) is 6.92 Å². The van der Waals surface area contributed by atoms with Crippen molar-refractivity contribution in [1.29, 1.82) is 0 Å². The van der Waals surface area contributed by atoms with Crippen LogP contribution in [0.25, 0.3) is 0 Å². The minimum Gasteiger partial charge on any atom is -0.344 e. The third-order valence-corrected chi connectivity index (χ3v) is 3.06. The number of hydrogen-bond acceptors (Lipinski definition) is 3. The molecule has 0 fully saturated rings. The van der Waals surface area contributed by atoms with Gasteiger partial charge in [-0.25, -0.2) is 0 Å². The van der Waals surface area contributed by atoms with Crippen LogP contribution in [-0.4, -0.2) is 25.5 Å². The van der Waals surface area contributed by atoms with Crippen LogP contribution in [0.2, 0.25) is 0 Å². The molecule has 19 heavy (non-hydrogen) atoms. The number of carbonyl (C=O) groups excluding carboxylic acids is 1.